The monoisotopic (exact) mass is 306 g/mol. The zero-order valence-electron chi connectivity index (χ0n) is 13.0. The van der Waals surface area contributed by atoms with Gasteiger partial charge < -0.3 is 19.9 Å². The Morgan fingerprint density at radius 1 is 1.27 bits per heavy atom. The number of methoxy groups -OCH3 is 1. The van der Waals surface area contributed by atoms with Gasteiger partial charge in [-0.15, -0.1) is 0 Å². The van der Waals surface area contributed by atoms with Gasteiger partial charge in [0.15, 0.2) is 0 Å². The van der Waals surface area contributed by atoms with Crippen LogP contribution in [0.15, 0.2) is 18.3 Å². The lowest BCUT2D eigenvalue weighted by Gasteiger charge is -2.34. The largest absolute Gasteiger partial charge is 0.375 e. The van der Waals surface area contributed by atoms with Crippen LogP contribution in [0.2, 0.25) is 0 Å². The molecule has 22 heavy (non-hydrogen) atoms. The molecule has 1 aliphatic rings. The molecule has 0 bridgehead atoms. The molecule has 3 amide bonds. The third kappa shape index (κ3) is 4.17. The van der Waals surface area contributed by atoms with Crippen LogP contribution in [-0.2, 0) is 16.1 Å². The highest BCUT2D eigenvalue weighted by Crippen LogP contribution is 2.05. The molecule has 0 saturated carbocycles. The van der Waals surface area contributed by atoms with E-state index >= 15 is 0 Å². The highest BCUT2D eigenvalue weighted by Gasteiger charge is 2.23. The van der Waals surface area contributed by atoms with Crippen molar-refractivity contribution in [2.75, 3.05) is 39.9 Å². The van der Waals surface area contributed by atoms with Crippen molar-refractivity contribution >= 4 is 11.9 Å². The number of carbonyl (C=O) groups excluding carboxylic acids is 2. The van der Waals surface area contributed by atoms with E-state index in [4.69, 9.17) is 4.74 Å². The maximum Gasteiger partial charge on any atom is 0.317 e. The number of nitrogens with one attached hydrogen (secondary N) is 1. The van der Waals surface area contributed by atoms with Crippen LogP contribution in [-0.4, -0.2) is 66.6 Å². The van der Waals surface area contributed by atoms with E-state index < -0.39 is 0 Å². The van der Waals surface area contributed by atoms with Crippen molar-refractivity contribution in [1.82, 2.24) is 20.1 Å². The summed E-state index contributed by atoms with van der Waals surface area (Å²) in [5.74, 6) is -0.0355. The predicted molar refractivity (Wildman–Crippen MR) is 81.2 cm³/mol. The molecule has 1 N–H and O–H groups in total. The zero-order valence-corrected chi connectivity index (χ0v) is 13.0. The Bertz CT molecular complexity index is 527. The van der Waals surface area contributed by atoms with Crippen molar-refractivity contribution in [3.05, 3.63) is 29.6 Å². The standard InChI is InChI=1S/C15H22N4O3/c1-12-4-3-5-16-13(12)10-17-15(21)19-8-6-18(7-9-19)14(20)11-22-2/h3-5H,6-11H2,1-2H3,(H,17,21). The maximum atomic E-state index is 12.1. The minimum atomic E-state index is -0.121. The van der Waals surface area contributed by atoms with Gasteiger partial charge in [0, 0.05) is 39.5 Å². The third-order valence-corrected chi connectivity index (χ3v) is 3.71. The lowest BCUT2D eigenvalue weighted by molar-refractivity contribution is -0.136. The van der Waals surface area contributed by atoms with Gasteiger partial charge in [-0.1, -0.05) is 6.07 Å². The number of ether oxygens (including phenoxy) is 1. The molecule has 1 aromatic rings. The van der Waals surface area contributed by atoms with Crippen LogP contribution in [0.5, 0.6) is 0 Å². The van der Waals surface area contributed by atoms with Gasteiger partial charge in [-0.25, -0.2) is 4.79 Å². The van der Waals surface area contributed by atoms with Gasteiger partial charge in [-0.05, 0) is 18.6 Å². The Labute approximate surface area is 130 Å². The van der Waals surface area contributed by atoms with E-state index in [-0.39, 0.29) is 18.5 Å². The lowest BCUT2D eigenvalue weighted by Crippen LogP contribution is -2.53. The molecular weight excluding hydrogens is 284 g/mol. The second kappa shape index (κ2) is 7.74. The van der Waals surface area contributed by atoms with Crippen molar-refractivity contribution in [2.45, 2.75) is 13.5 Å². The lowest BCUT2D eigenvalue weighted by atomic mass is 10.2. The summed E-state index contributed by atoms with van der Waals surface area (Å²) < 4.78 is 4.84. The third-order valence-electron chi connectivity index (χ3n) is 3.71. The summed E-state index contributed by atoms with van der Waals surface area (Å²) in [5, 5.41) is 2.88. The van der Waals surface area contributed by atoms with E-state index in [0.29, 0.717) is 32.7 Å². The van der Waals surface area contributed by atoms with E-state index in [1.807, 2.05) is 19.1 Å². The predicted octanol–water partition coefficient (Wildman–Crippen LogP) is 0.390. The van der Waals surface area contributed by atoms with Gasteiger partial charge in [-0.2, -0.15) is 0 Å². The molecule has 1 aromatic heterocycles. The highest BCUT2D eigenvalue weighted by molar-refractivity contribution is 5.78. The molecule has 7 nitrogen and oxygen atoms in total. The van der Waals surface area contributed by atoms with E-state index in [2.05, 4.69) is 10.3 Å². The Hall–Kier alpha value is -2.15. The molecule has 0 spiro atoms. The number of hydrogen-bond acceptors (Lipinski definition) is 4. The van der Waals surface area contributed by atoms with Crippen LogP contribution in [0.3, 0.4) is 0 Å². The Balaban J connectivity index is 1.78. The molecule has 0 aliphatic carbocycles. The average Bonchev–Trinajstić information content (AvgIpc) is 2.54. The fraction of sp³-hybridized carbons (Fsp3) is 0.533. The summed E-state index contributed by atoms with van der Waals surface area (Å²) in [7, 11) is 1.50. The van der Waals surface area contributed by atoms with Crippen molar-refractivity contribution < 1.29 is 14.3 Å². The van der Waals surface area contributed by atoms with Crippen LogP contribution >= 0.6 is 0 Å². The molecule has 0 aromatic carbocycles. The van der Waals surface area contributed by atoms with Crippen molar-refractivity contribution in [3.63, 3.8) is 0 Å². The van der Waals surface area contributed by atoms with Gasteiger partial charge in [0.2, 0.25) is 5.91 Å². The van der Waals surface area contributed by atoms with Crippen LogP contribution in [0, 0.1) is 6.92 Å². The number of aryl methyl sites for hydroxylation is 1. The van der Waals surface area contributed by atoms with Gasteiger partial charge in [0.1, 0.15) is 6.61 Å². The molecule has 2 rings (SSSR count). The van der Waals surface area contributed by atoms with Gasteiger partial charge in [-0.3, -0.25) is 9.78 Å². The minimum Gasteiger partial charge on any atom is -0.375 e. The summed E-state index contributed by atoms with van der Waals surface area (Å²) in [6.45, 7) is 4.61. The molecular formula is C15H22N4O3. The summed E-state index contributed by atoms with van der Waals surface area (Å²) in [6, 6.07) is 3.72. The van der Waals surface area contributed by atoms with Crippen LogP contribution in [0.4, 0.5) is 4.79 Å². The molecule has 0 radical (unpaired) electrons. The molecule has 2 heterocycles. The first-order valence-electron chi connectivity index (χ1n) is 7.32. The summed E-state index contributed by atoms with van der Waals surface area (Å²) in [5.41, 5.74) is 1.92. The molecule has 1 saturated heterocycles. The number of nitrogens with zero attached hydrogens (tertiary/aromatic N) is 3. The van der Waals surface area contributed by atoms with Crippen LogP contribution in [0.25, 0.3) is 0 Å². The number of urea groups is 1. The van der Waals surface area contributed by atoms with Crippen LogP contribution in [0.1, 0.15) is 11.3 Å². The normalized spacial score (nSPS) is 14.8. The summed E-state index contributed by atoms with van der Waals surface area (Å²) in [4.78, 5) is 31.5. The first-order valence-corrected chi connectivity index (χ1v) is 7.32. The van der Waals surface area contributed by atoms with Gasteiger partial charge in [0.05, 0.1) is 12.2 Å². The fourth-order valence-electron chi connectivity index (χ4n) is 2.35. The quantitative estimate of drug-likeness (QED) is 0.873. The molecule has 1 aliphatic heterocycles. The Morgan fingerprint density at radius 2 is 1.95 bits per heavy atom. The number of carbonyl (C=O) groups is 2. The smallest absolute Gasteiger partial charge is 0.317 e. The molecule has 120 valence electrons. The van der Waals surface area contributed by atoms with Gasteiger partial charge in [0.25, 0.3) is 0 Å². The fourth-order valence-corrected chi connectivity index (χ4v) is 2.35. The van der Waals surface area contributed by atoms with E-state index in [1.54, 1.807) is 16.0 Å². The number of hydrogen-bond donors (Lipinski definition) is 1. The number of pyridine rings is 1. The van der Waals surface area contributed by atoms with Crippen molar-refractivity contribution in [2.24, 2.45) is 0 Å². The number of amides is 3. The summed E-state index contributed by atoms with van der Waals surface area (Å²) in [6.07, 6.45) is 1.72. The second-order valence-electron chi connectivity index (χ2n) is 5.23. The highest BCUT2D eigenvalue weighted by atomic mass is 16.5. The number of aromatic nitrogens is 1. The molecule has 7 heteroatoms. The minimum absolute atomic E-state index is 0.0355. The molecule has 0 atom stereocenters. The maximum absolute atomic E-state index is 12.1. The van der Waals surface area contributed by atoms with Gasteiger partial charge >= 0.3 is 6.03 Å². The topological polar surface area (TPSA) is 74.8 Å². The van der Waals surface area contributed by atoms with E-state index in [9.17, 15) is 9.59 Å². The first kappa shape index (κ1) is 16.2. The Kier molecular flexibility index (Phi) is 5.71. The van der Waals surface area contributed by atoms with E-state index in [0.717, 1.165) is 11.3 Å². The first-order chi connectivity index (χ1) is 10.6. The summed E-state index contributed by atoms with van der Waals surface area (Å²) >= 11 is 0. The molecule has 1 fully saturated rings. The van der Waals surface area contributed by atoms with Crippen LogP contribution < -0.4 is 5.32 Å². The van der Waals surface area contributed by atoms with Crippen molar-refractivity contribution in [3.8, 4) is 0 Å². The SMILES string of the molecule is COCC(=O)N1CCN(C(=O)NCc2ncccc2C)CC1. The zero-order chi connectivity index (χ0) is 15.9. The average molecular weight is 306 g/mol. The second-order valence-corrected chi connectivity index (χ2v) is 5.23. The number of piperazine rings is 1. The number of rotatable bonds is 4. The van der Waals surface area contributed by atoms with Crippen molar-refractivity contribution in [1.29, 1.82) is 0 Å². The van der Waals surface area contributed by atoms with E-state index in [1.165, 1.54) is 7.11 Å². The Morgan fingerprint density at radius 3 is 2.59 bits per heavy atom. The molecule has 0 unspecified atom stereocenters.